The van der Waals surface area contributed by atoms with Gasteiger partial charge in [0.1, 0.15) is 5.69 Å². The van der Waals surface area contributed by atoms with Crippen molar-refractivity contribution in [2.45, 2.75) is 19.3 Å². The average Bonchev–Trinajstić information content (AvgIpc) is 2.96. The molecule has 0 atom stereocenters. The van der Waals surface area contributed by atoms with Gasteiger partial charge in [-0.1, -0.05) is 0 Å². The molecule has 0 radical (unpaired) electrons. The molecule has 3 heterocycles. The second-order valence-electron chi connectivity index (χ2n) is 4.75. The van der Waals surface area contributed by atoms with E-state index in [0.717, 1.165) is 30.6 Å². The number of hydrogen-bond donors (Lipinski definition) is 0. The third kappa shape index (κ3) is 1.87. The van der Waals surface area contributed by atoms with Gasteiger partial charge < -0.3 is 4.90 Å². The maximum atomic E-state index is 4.65. The van der Waals surface area contributed by atoms with Gasteiger partial charge in [-0.3, -0.25) is 4.68 Å². The van der Waals surface area contributed by atoms with E-state index in [1.54, 1.807) is 10.9 Å². The van der Waals surface area contributed by atoms with E-state index in [-0.39, 0.29) is 0 Å². The highest BCUT2D eigenvalue weighted by Crippen LogP contribution is 2.21. The minimum Gasteiger partial charge on any atom is -0.341 e. The molecule has 0 N–H and O–H groups in total. The molecule has 6 nitrogen and oxygen atoms in total. The van der Waals surface area contributed by atoms with Crippen LogP contribution in [0.4, 0.5) is 5.95 Å². The van der Waals surface area contributed by atoms with Crippen LogP contribution in [0, 0.1) is 0 Å². The van der Waals surface area contributed by atoms with Gasteiger partial charge in [-0.15, -0.1) is 5.10 Å². The lowest BCUT2D eigenvalue weighted by atomic mass is 10.1. The van der Waals surface area contributed by atoms with Crippen LogP contribution in [-0.4, -0.2) is 37.6 Å². The molecule has 1 aliphatic heterocycles. The SMILES string of the molecule is Cn1nccc1-c1nc(N2CCCCC2)n(C)n1. The van der Waals surface area contributed by atoms with E-state index in [1.807, 2.05) is 24.8 Å². The molecule has 96 valence electrons. The van der Waals surface area contributed by atoms with Crippen LogP contribution in [0.2, 0.25) is 0 Å². The molecular weight excluding hydrogens is 228 g/mol. The van der Waals surface area contributed by atoms with Crippen LogP contribution < -0.4 is 4.90 Å². The molecule has 0 bridgehead atoms. The van der Waals surface area contributed by atoms with Gasteiger partial charge in [-0.05, 0) is 25.3 Å². The molecule has 0 aromatic carbocycles. The molecule has 2 aromatic heterocycles. The molecule has 18 heavy (non-hydrogen) atoms. The van der Waals surface area contributed by atoms with Crippen LogP contribution in [0.15, 0.2) is 12.3 Å². The Bertz CT molecular complexity index is 535. The number of aromatic nitrogens is 5. The Kier molecular flexibility index (Phi) is 2.77. The van der Waals surface area contributed by atoms with Gasteiger partial charge in [0.05, 0.1) is 0 Å². The number of piperidine rings is 1. The largest absolute Gasteiger partial charge is 0.341 e. The lowest BCUT2D eigenvalue weighted by molar-refractivity contribution is 0.557. The maximum Gasteiger partial charge on any atom is 0.224 e. The zero-order valence-electron chi connectivity index (χ0n) is 10.9. The van der Waals surface area contributed by atoms with Crippen LogP contribution in [0.3, 0.4) is 0 Å². The molecule has 1 saturated heterocycles. The van der Waals surface area contributed by atoms with E-state index in [2.05, 4.69) is 20.1 Å². The minimum absolute atomic E-state index is 0.748. The van der Waals surface area contributed by atoms with Crippen molar-refractivity contribution in [2.75, 3.05) is 18.0 Å². The number of aryl methyl sites for hydroxylation is 2. The smallest absolute Gasteiger partial charge is 0.224 e. The van der Waals surface area contributed by atoms with Crippen LogP contribution >= 0.6 is 0 Å². The molecule has 2 aromatic rings. The Hall–Kier alpha value is -1.85. The Morgan fingerprint density at radius 2 is 1.83 bits per heavy atom. The molecular formula is C12H18N6. The van der Waals surface area contributed by atoms with Crippen LogP contribution in [0.5, 0.6) is 0 Å². The second-order valence-corrected chi connectivity index (χ2v) is 4.75. The molecule has 0 spiro atoms. The minimum atomic E-state index is 0.748. The molecule has 6 heteroatoms. The Labute approximate surface area is 106 Å². The highest BCUT2D eigenvalue weighted by atomic mass is 15.4. The fourth-order valence-electron chi connectivity index (χ4n) is 2.45. The first-order valence-corrected chi connectivity index (χ1v) is 6.40. The monoisotopic (exact) mass is 246 g/mol. The first-order chi connectivity index (χ1) is 8.75. The lowest BCUT2D eigenvalue weighted by Gasteiger charge is -2.26. The Morgan fingerprint density at radius 1 is 1.06 bits per heavy atom. The predicted octanol–water partition coefficient (Wildman–Crippen LogP) is 1.21. The summed E-state index contributed by atoms with van der Waals surface area (Å²) >= 11 is 0. The Balaban J connectivity index is 1.93. The average molecular weight is 246 g/mol. The van der Waals surface area contributed by atoms with Gasteiger partial charge in [0.15, 0.2) is 0 Å². The van der Waals surface area contributed by atoms with Crippen molar-refractivity contribution in [1.29, 1.82) is 0 Å². The van der Waals surface area contributed by atoms with Gasteiger partial charge in [0, 0.05) is 33.4 Å². The summed E-state index contributed by atoms with van der Waals surface area (Å²) in [6.07, 6.45) is 5.58. The first kappa shape index (κ1) is 11.3. The van der Waals surface area contributed by atoms with Crippen molar-refractivity contribution in [3.05, 3.63) is 12.3 Å². The van der Waals surface area contributed by atoms with E-state index in [4.69, 9.17) is 0 Å². The molecule has 3 rings (SSSR count). The predicted molar refractivity (Wildman–Crippen MR) is 69.3 cm³/mol. The van der Waals surface area contributed by atoms with Crippen LogP contribution in [0.25, 0.3) is 11.5 Å². The summed E-state index contributed by atoms with van der Waals surface area (Å²) in [6.45, 7) is 2.16. The van der Waals surface area contributed by atoms with Gasteiger partial charge in [-0.25, -0.2) is 4.68 Å². The normalized spacial score (nSPS) is 16.2. The molecule has 0 aliphatic carbocycles. The van der Waals surface area contributed by atoms with E-state index >= 15 is 0 Å². The summed E-state index contributed by atoms with van der Waals surface area (Å²) < 4.78 is 3.67. The third-order valence-corrected chi connectivity index (χ3v) is 3.43. The van der Waals surface area contributed by atoms with Gasteiger partial charge >= 0.3 is 0 Å². The first-order valence-electron chi connectivity index (χ1n) is 6.40. The van der Waals surface area contributed by atoms with E-state index in [9.17, 15) is 0 Å². The second kappa shape index (κ2) is 4.44. The molecule has 1 aliphatic rings. The zero-order chi connectivity index (χ0) is 12.5. The number of nitrogens with zero attached hydrogens (tertiary/aromatic N) is 6. The van der Waals surface area contributed by atoms with Gasteiger partial charge in [0.2, 0.25) is 11.8 Å². The summed E-state index contributed by atoms with van der Waals surface area (Å²) in [7, 11) is 3.86. The topological polar surface area (TPSA) is 51.8 Å². The van der Waals surface area contributed by atoms with Crippen molar-refractivity contribution in [1.82, 2.24) is 24.5 Å². The fourth-order valence-corrected chi connectivity index (χ4v) is 2.45. The summed E-state index contributed by atoms with van der Waals surface area (Å²) in [5.74, 6) is 1.71. The van der Waals surface area contributed by atoms with E-state index < -0.39 is 0 Å². The number of hydrogen-bond acceptors (Lipinski definition) is 4. The zero-order valence-corrected chi connectivity index (χ0v) is 10.9. The highest BCUT2D eigenvalue weighted by molar-refractivity contribution is 5.51. The van der Waals surface area contributed by atoms with E-state index in [1.165, 1.54) is 19.3 Å². The Morgan fingerprint density at radius 3 is 2.50 bits per heavy atom. The molecule has 0 unspecified atom stereocenters. The standard InChI is InChI=1S/C12H18N6/c1-16-10(6-7-13-16)11-14-12(17(2)15-11)18-8-4-3-5-9-18/h6-7H,3-5,8-9H2,1-2H3. The summed E-state index contributed by atoms with van der Waals surface area (Å²) in [6, 6.07) is 1.94. The quantitative estimate of drug-likeness (QED) is 0.799. The van der Waals surface area contributed by atoms with Crippen molar-refractivity contribution < 1.29 is 0 Å². The van der Waals surface area contributed by atoms with Gasteiger partial charge in [0.25, 0.3) is 0 Å². The summed E-state index contributed by atoms with van der Waals surface area (Å²) in [5, 5.41) is 8.65. The maximum absolute atomic E-state index is 4.65. The molecule has 1 fully saturated rings. The van der Waals surface area contributed by atoms with Crippen molar-refractivity contribution in [3.8, 4) is 11.5 Å². The molecule has 0 saturated carbocycles. The van der Waals surface area contributed by atoms with Gasteiger partial charge in [-0.2, -0.15) is 10.1 Å². The van der Waals surface area contributed by atoms with Crippen molar-refractivity contribution in [3.63, 3.8) is 0 Å². The van der Waals surface area contributed by atoms with Crippen LogP contribution in [-0.2, 0) is 14.1 Å². The van der Waals surface area contributed by atoms with Crippen LogP contribution in [0.1, 0.15) is 19.3 Å². The number of rotatable bonds is 2. The highest BCUT2D eigenvalue weighted by Gasteiger charge is 2.18. The van der Waals surface area contributed by atoms with E-state index in [0.29, 0.717) is 0 Å². The third-order valence-electron chi connectivity index (χ3n) is 3.43. The summed E-state index contributed by atoms with van der Waals surface area (Å²) in [5.41, 5.74) is 0.953. The fraction of sp³-hybridized carbons (Fsp3) is 0.583. The lowest BCUT2D eigenvalue weighted by Crippen LogP contribution is -2.31. The molecule has 0 amide bonds. The van der Waals surface area contributed by atoms with Crippen molar-refractivity contribution in [2.24, 2.45) is 14.1 Å². The number of anilines is 1. The summed E-state index contributed by atoms with van der Waals surface area (Å²) in [4.78, 5) is 6.97. The van der Waals surface area contributed by atoms with Crippen molar-refractivity contribution >= 4 is 5.95 Å².